The Balaban J connectivity index is 1.97. The lowest BCUT2D eigenvalue weighted by Gasteiger charge is -2.29. The highest BCUT2D eigenvalue weighted by Crippen LogP contribution is 2.57. The van der Waals surface area contributed by atoms with E-state index in [1.54, 1.807) is 30.3 Å². The Morgan fingerprint density at radius 2 is 1.71 bits per heavy atom. The smallest absolute Gasteiger partial charge is 0.416 e. The molecule has 4 atom stereocenters. The molecule has 1 aliphatic carbocycles. The molecule has 3 aromatic rings. The topological polar surface area (TPSA) is 96.7 Å². The van der Waals surface area contributed by atoms with Gasteiger partial charge in [0.1, 0.15) is 17.4 Å². The van der Waals surface area contributed by atoms with E-state index in [2.05, 4.69) is 4.98 Å². The molecule has 182 valence electrons. The van der Waals surface area contributed by atoms with Crippen molar-refractivity contribution < 1.29 is 37.7 Å². The van der Waals surface area contributed by atoms with Crippen molar-refractivity contribution in [1.82, 2.24) is 4.98 Å². The summed E-state index contributed by atoms with van der Waals surface area (Å²) in [6.07, 6.45) is -3.50. The lowest BCUT2D eigenvalue weighted by Crippen LogP contribution is -2.43. The maximum absolute atomic E-state index is 13.9. The molecule has 1 fully saturated rings. The molecule has 4 rings (SSSR count). The first kappa shape index (κ1) is 24.7. The minimum absolute atomic E-state index is 0.0220. The summed E-state index contributed by atoms with van der Waals surface area (Å²) in [6.45, 7) is 0. The fraction of sp³-hybridized carbons (Fsp3) is 0.240. The molecule has 2 aromatic carbocycles. The van der Waals surface area contributed by atoms with Crippen molar-refractivity contribution in [2.45, 2.75) is 23.6 Å². The summed E-state index contributed by atoms with van der Waals surface area (Å²) in [5.74, 6) is -6.39. The first-order valence-electron chi connectivity index (χ1n) is 10.4. The van der Waals surface area contributed by atoms with Crippen LogP contribution in [0.4, 0.5) is 13.2 Å². The highest BCUT2D eigenvalue weighted by molar-refractivity contribution is 6.30. The number of carbonyl (C=O) groups excluding carboxylic acids is 2. The maximum atomic E-state index is 13.9. The third-order valence-corrected chi connectivity index (χ3v) is 6.47. The molecule has 1 saturated carbocycles. The number of aromatic nitrogens is 1. The number of benzene rings is 2. The number of Topliss-reactive ketones (excluding diaryl/α,β-unsaturated/α-hetero) is 1. The predicted octanol–water partition coefficient (Wildman–Crippen LogP) is 4.59. The van der Waals surface area contributed by atoms with Gasteiger partial charge in [-0.2, -0.15) is 13.2 Å². The van der Waals surface area contributed by atoms with Gasteiger partial charge in [0.15, 0.2) is 11.4 Å². The van der Waals surface area contributed by atoms with Crippen molar-refractivity contribution in [3.05, 3.63) is 94.3 Å². The molecule has 0 spiro atoms. The zero-order valence-corrected chi connectivity index (χ0v) is 18.9. The Bertz CT molecular complexity index is 1270. The van der Waals surface area contributed by atoms with Crippen LogP contribution in [0.3, 0.4) is 0 Å². The number of methoxy groups -OCH3 is 1. The number of nitrogens with zero attached hydrogens (tertiary/aromatic N) is 1. The van der Waals surface area contributed by atoms with Crippen LogP contribution >= 0.6 is 11.6 Å². The first-order chi connectivity index (χ1) is 16.5. The number of carbonyl (C=O) groups is 2. The van der Waals surface area contributed by atoms with Gasteiger partial charge in [-0.3, -0.25) is 14.6 Å². The van der Waals surface area contributed by atoms with Crippen LogP contribution in [-0.4, -0.2) is 34.1 Å². The summed E-state index contributed by atoms with van der Waals surface area (Å²) in [4.78, 5) is 30.9. The summed E-state index contributed by atoms with van der Waals surface area (Å²) in [5, 5.41) is 22.3. The Kier molecular flexibility index (Phi) is 6.33. The number of hydrogen-bond donors (Lipinski definition) is 2. The van der Waals surface area contributed by atoms with Gasteiger partial charge in [0.2, 0.25) is 0 Å². The number of aliphatic hydroxyl groups is 1. The molecule has 6 nitrogen and oxygen atoms in total. The summed E-state index contributed by atoms with van der Waals surface area (Å²) >= 11 is 5.86. The van der Waals surface area contributed by atoms with Gasteiger partial charge in [0.25, 0.3) is 0 Å². The molecular formula is C25H19ClF3NO5. The van der Waals surface area contributed by atoms with Crippen LogP contribution < -0.4 is 0 Å². The van der Waals surface area contributed by atoms with E-state index in [1.807, 2.05) is 0 Å². The van der Waals surface area contributed by atoms with Crippen LogP contribution in [0, 0.1) is 5.92 Å². The molecule has 0 aliphatic heterocycles. The average Bonchev–Trinajstić information content (AvgIpc) is 3.06. The number of ketones is 1. The number of aromatic hydroxyl groups is 1. The van der Waals surface area contributed by atoms with E-state index in [1.165, 1.54) is 0 Å². The lowest BCUT2D eigenvalue weighted by molar-refractivity contribution is -0.160. The first-order valence-corrected chi connectivity index (χ1v) is 10.8. The van der Waals surface area contributed by atoms with E-state index >= 15 is 0 Å². The quantitative estimate of drug-likeness (QED) is 0.504. The molecule has 1 unspecified atom stereocenters. The molecular weight excluding hydrogens is 487 g/mol. The second-order valence-electron chi connectivity index (χ2n) is 8.19. The number of pyridine rings is 1. The van der Waals surface area contributed by atoms with E-state index in [9.17, 15) is 33.0 Å². The molecule has 35 heavy (non-hydrogen) atoms. The molecule has 0 bridgehead atoms. The van der Waals surface area contributed by atoms with Crippen molar-refractivity contribution in [1.29, 1.82) is 0 Å². The number of rotatable bonds is 4. The summed E-state index contributed by atoms with van der Waals surface area (Å²) < 4.78 is 44.3. The van der Waals surface area contributed by atoms with Crippen LogP contribution in [-0.2, 0) is 26.1 Å². The SMILES string of the molecule is COC(=O)[C@@H]1C(c2ccccc2)[C@H](c2ccc(C(F)(F)F)cc2)C(=O)[C@]1(O)c1ncc(Cl)cc1O. The highest BCUT2D eigenvalue weighted by atomic mass is 35.5. The van der Waals surface area contributed by atoms with Crippen molar-refractivity contribution >= 4 is 23.4 Å². The zero-order valence-electron chi connectivity index (χ0n) is 18.2. The van der Waals surface area contributed by atoms with E-state index in [4.69, 9.17) is 16.3 Å². The monoisotopic (exact) mass is 505 g/mol. The van der Waals surface area contributed by atoms with Gasteiger partial charge in [-0.15, -0.1) is 0 Å². The summed E-state index contributed by atoms with van der Waals surface area (Å²) in [7, 11) is 1.08. The summed E-state index contributed by atoms with van der Waals surface area (Å²) in [5.41, 5.74) is -3.46. The molecule has 2 N–H and O–H groups in total. The highest BCUT2D eigenvalue weighted by Gasteiger charge is 2.66. The van der Waals surface area contributed by atoms with Crippen LogP contribution in [0.5, 0.6) is 5.75 Å². The van der Waals surface area contributed by atoms with Crippen LogP contribution in [0.15, 0.2) is 66.9 Å². The normalized spacial score (nSPS) is 24.4. The lowest BCUT2D eigenvalue weighted by atomic mass is 9.77. The second-order valence-corrected chi connectivity index (χ2v) is 8.62. The van der Waals surface area contributed by atoms with E-state index in [-0.39, 0.29) is 10.6 Å². The van der Waals surface area contributed by atoms with Gasteiger partial charge >= 0.3 is 12.1 Å². The zero-order chi connectivity index (χ0) is 25.5. The Hall–Kier alpha value is -3.43. The minimum atomic E-state index is -4.59. The third kappa shape index (κ3) is 4.15. The molecule has 10 heteroatoms. The van der Waals surface area contributed by atoms with Crippen molar-refractivity contribution in [3.63, 3.8) is 0 Å². The van der Waals surface area contributed by atoms with E-state index in [0.29, 0.717) is 5.56 Å². The Morgan fingerprint density at radius 1 is 1.09 bits per heavy atom. The van der Waals surface area contributed by atoms with Crippen molar-refractivity contribution in [2.75, 3.05) is 7.11 Å². The predicted molar refractivity (Wildman–Crippen MR) is 119 cm³/mol. The molecule has 1 heterocycles. The number of esters is 1. The number of halogens is 4. The molecule has 1 aromatic heterocycles. The molecule has 1 aliphatic rings. The fourth-order valence-corrected chi connectivity index (χ4v) is 4.89. The largest absolute Gasteiger partial charge is 0.506 e. The van der Waals surface area contributed by atoms with E-state index < -0.39 is 58.3 Å². The van der Waals surface area contributed by atoms with Gasteiger partial charge in [0, 0.05) is 18.2 Å². The third-order valence-electron chi connectivity index (χ3n) is 6.26. The fourth-order valence-electron chi connectivity index (χ4n) is 4.73. The van der Waals surface area contributed by atoms with Gasteiger partial charge in [-0.25, -0.2) is 0 Å². The van der Waals surface area contributed by atoms with E-state index in [0.717, 1.165) is 43.6 Å². The standard InChI is InChI=1S/C25H19ClF3NO5/c1-35-23(33)20-18(13-5-3-2-4-6-13)19(14-7-9-15(10-8-14)25(27,28)29)22(32)24(20,34)21-17(31)11-16(26)12-30-21/h2-12,18-20,31,34H,1H3/t18?,19-,20-,24+/m0/s1. The van der Waals surface area contributed by atoms with Crippen molar-refractivity contribution in [3.8, 4) is 5.75 Å². The van der Waals surface area contributed by atoms with Crippen LogP contribution in [0.25, 0.3) is 0 Å². The Morgan fingerprint density at radius 3 is 2.26 bits per heavy atom. The summed E-state index contributed by atoms with van der Waals surface area (Å²) in [6, 6.07) is 13.3. The van der Waals surface area contributed by atoms with Gasteiger partial charge < -0.3 is 14.9 Å². The van der Waals surface area contributed by atoms with Crippen LogP contribution in [0.2, 0.25) is 5.02 Å². The Labute approximate surface area is 203 Å². The van der Waals surface area contributed by atoms with Gasteiger partial charge in [-0.1, -0.05) is 54.1 Å². The van der Waals surface area contributed by atoms with Crippen molar-refractivity contribution in [2.24, 2.45) is 5.92 Å². The molecule has 0 saturated heterocycles. The van der Waals surface area contributed by atoms with Gasteiger partial charge in [-0.05, 0) is 23.3 Å². The average molecular weight is 506 g/mol. The number of hydrogen-bond acceptors (Lipinski definition) is 6. The number of ether oxygens (including phenoxy) is 1. The number of alkyl halides is 3. The minimum Gasteiger partial charge on any atom is -0.506 e. The van der Waals surface area contributed by atoms with Crippen LogP contribution in [0.1, 0.15) is 34.2 Å². The molecule has 0 amide bonds. The molecule has 0 radical (unpaired) electrons. The van der Waals surface area contributed by atoms with Gasteiger partial charge in [0.05, 0.1) is 23.6 Å². The maximum Gasteiger partial charge on any atom is 0.416 e. The second kappa shape index (κ2) is 8.98.